The molecule has 1 aromatic rings. The van der Waals surface area contributed by atoms with Crippen LogP contribution in [0, 0.1) is 11.8 Å². The number of nitrogens with zero attached hydrogens (tertiary/aromatic N) is 1. The molecule has 7 heteroatoms. The van der Waals surface area contributed by atoms with E-state index in [-0.39, 0.29) is 29.3 Å². The van der Waals surface area contributed by atoms with Crippen LogP contribution in [0.1, 0.15) is 62.2 Å². The monoisotopic (exact) mass is 425 g/mol. The fraction of sp³-hybridized carbons (Fsp3) is 0.667. The summed E-state index contributed by atoms with van der Waals surface area (Å²) in [7, 11) is 1.66. The molecular formula is C24H31N3O4. The van der Waals surface area contributed by atoms with Gasteiger partial charge in [-0.05, 0) is 80.2 Å². The number of hydrogen-bond donors (Lipinski definition) is 3. The van der Waals surface area contributed by atoms with E-state index in [1.54, 1.807) is 7.11 Å². The molecule has 2 bridgehead atoms. The summed E-state index contributed by atoms with van der Waals surface area (Å²) in [6.07, 6.45) is 6.31. The quantitative estimate of drug-likeness (QED) is 0.646. The molecule has 31 heavy (non-hydrogen) atoms. The predicted octanol–water partition coefficient (Wildman–Crippen LogP) is 2.23. The van der Waals surface area contributed by atoms with Gasteiger partial charge in [-0.2, -0.15) is 0 Å². The first-order valence-electron chi connectivity index (χ1n) is 11.7. The third-order valence-electron chi connectivity index (χ3n) is 9.06. The number of urea groups is 1. The first kappa shape index (κ1) is 19.6. The molecule has 2 saturated carbocycles. The van der Waals surface area contributed by atoms with Gasteiger partial charge in [-0.15, -0.1) is 0 Å². The zero-order valence-corrected chi connectivity index (χ0v) is 18.0. The summed E-state index contributed by atoms with van der Waals surface area (Å²) in [5, 5.41) is 17.0. The third-order valence-corrected chi connectivity index (χ3v) is 9.06. The minimum absolute atomic E-state index is 0.0627. The molecule has 5 atom stereocenters. The second-order valence-corrected chi connectivity index (χ2v) is 10.4. The number of fused-ring (bicyclic) bond motifs is 1. The molecule has 6 rings (SSSR count). The van der Waals surface area contributed by atoms with Crippen LogP contribution in [0.25, 0.3) is 0 Å². The van der Waals surface area contributed by atoms with E-state index in [1.165, 1.54) is 19.3 Å². The fourth-order valence-corrected chi connectivity index (χ4v) is 7.39. The maximum atomic E-state index is 12.9. The van der Waals surface area contributed by atoms with Gasteiger partial charge in [0.15, 0.2) is 0 Å². The van der Waals surface area contributed by atoms with E-state index in [2.05, 4.69) is 21.6 Å². The van der Waals surface area contributed by atoms with Gasteiger partial charge in [-0.3, -0.25) is 15.0 Å². The smallest absolute Gasteiger partial charge is 0.322 e. The van der Waals surface area contributed by atoms with Gasteiger partial charge in [-0.1, -0.05) is 12.5 Å². The van der Waals surface area contributed by atoms with Gasteiger partial charge in [0.2, 0.25) is 0 Å². The van der Waals surface area contributed by atoms with Crippen LogP contribution in [-0.2, 0) is 10.2 Å². The van der Waals surface area contributed by atoms with Crippen LogP contribution in [0.4, 0.5) is 4.79 Å². The van der Waals surface area contributed by atoms with Crippen LogP contribution in [0.15, 0.2) is 18.2 Å². The largest absolute Gasteiger partial charge is 0.497 e. The molecule has 1 spiro atoms. The van der Waals surface area contributed by atoms with Gasteiger partial charge in [-0.25, -0.2) is 4.79 Å². The molecule has 5 aliphatic rings. The summed E-state index contributed by atoms with van der Waals surface area (Å²) >= 11 is 0. The molecule has 3 N–H and O–H groups in total. The first-order chi connectivity index (χ1) is 15.0. The molecule has 3 aliphatic carbocycles. The number of aliphatic hydroxyl groups excluding tert-OH is 1. The number of amides is 3. The lowest BCUT2D eigenvalue weighted by atomic mass is 9.48. The average molecular weight is 426 g/mol. The van der Waals surface area contributed by atoms with E-state index in [0.29, 0.717) is 12.8 Å². The van der Waals surface area contributed by atoms with E-state index < -0.39 is 11.6 Å². The maximum absolute atomic E-state index is 12.9. The van der Waals surface area contributed by atoms with Crippen molar-refractivity contribution in [1.29, 1.82) is 0 Å². The van der Waals surface area contributed by atoms with Crippen molar-refractivity contribution in [3.8, 4) is 5.75 Å². The number of aliphatic hydroxyl groups is 1. The number of likely N-dealkylation sites (tertiary alicyclic amines) is 1. The molecule has 1 aromatic carbocycles. The standard InChI is InChI=1S/C24H31N3O4/c1-31-15-5-6-16-18(11-15)23-9-10-27(12-14-3-2-4-14)19(20(16)28)17(23)7-8-24(13-23)21(29)25-22(30)26-24/h5-6,11,14,17,19-20,28H,2-4,7-10,12-13H2,1H3,(H2,25,26,29,30). The molecule has 7 nitrogen and oxygen atoms in total. The summed E-state index contributed by atoms with van der Waals surface area (Å²) < 4.78 is 5.54. The maximum Gasteiger partial charge on any atom is 0.322 e. The minimum atomic E-state index is -0.850. The SMILES string of the molecule is COc1ccc2c(c1)C13CCN(CC4CCC4)C(C2O)C1CCC1(C3)NC(=O)NC1=O. The van der Waals surface area contributed by atoms with Gasteiger partial charge in [0.1, 0.15) is 11.3 Å². The van der Waals surface area contributed by atoms with Crippen LogP contribution in [-0.4, -0.2) is 53.7 Å². The molecule has 3 amide bonds. The highest BCUT2D eigenvalue weighted by atomic mass is 16.5. The molecule has 2 aliphatic heterocycles. The van der Waals surface area contributed by atoms with Crippen molar-refractivity contribution in [2.75, 3.05) is 20.2 Å². The van der Waals surface area contributed by atoms with E-state index in [0.717, 1.165) is 48.7 Å². The average Bonchev–Trinajstić information content (AvgIpc) is 3.00. The molecule has 4 fully saturated rings. The molecule has 0 aromatic heterocycles. The van der Waals surface area contributed by atoms with Crippen LogP contribution >= 0.6 is 0 Å². The number of benzene rings is 1. The zero-order chi connectivity index (χ0) is 21.4. The number of carbonyl (C=O) groups excluding carboxylic acids is 2. The third kappa shape index (κ3) is 2.65. The Morgan fingerprint density at radius 3 is 2.74 bits per heavy atom. The highest BCUT2D eigenvalue weighted by Crippen LogP contribution is 2.61. The first-order valence-corrected chi connectivity index (χ1v) is 11.7. The Hall–Kier alpha value is -2.12. The highest BCUT2D eigenvalue weighted by molar-refractivity contribution is 6.07. The highest BCUT2D eigenvalue weighted by Gasteiger charge is 2.64. The van der Waals surface area contributed by atoms with Crippen molar-refractivity contribution in [2.24, 2.45) is 11.8 Å². The van der Waals surface area contributed by atoms with Crippen molar-refractivity contribution in [2.45, 2.75) is 68.0 Å². The lowest BCUT2D eigenvalue weighted by Gasteiger charge is -2.63. The van der Waals surface area contributed by atoms with Gasteiger partial charge in [0.05, 0.1) is 13.2 Å². The number of piperidine rings is 1. The summed E-state index contributed by atoms with van der Waals surface area (Å²) in [5.74, 6) is 1.57. The van der Waals surface area contributed by atoms with E-state index in [1.807, 2.05) is 12.1 Å². The number of imide groups is 1. The molecule has 5 unspecified atom stereocenters. The number of nitrogens with one attached hydrogen (secondary N) is 2. The fourth-order valence-electron chi connectivity index (χ4n) is 7.39. The van der Waals surface area contributed by atoms with E-state index in [9.17, 15) is 14.7 Å². The Kier molecular flexibility index (Phi) is 4.22. The summed E-state index contributed by atoms with van der Waals surface area (Å²) in [4.78, 5) is 27.5. The van der Waals surface area contributed by atoms with E-state index in [4.69, 9.17) is 4.74 Å². The van der Waals surface area contributed by atoms with E-state index >= 15 is 0 Å². The summed E-state index contributed by atoms with van der Waals surface area (Å²) in [5.41, 5.74) is 0.965. The Morgan fingerprint density at radius 1 is 1.23 bits per heavy atom. The van der Waals surface area contributed by atoms with Crippen LogP contribution < -0.4 is 15.4 Å². The number of carbonyl (C=O) groups is 2. The molecule has 2 heterocycles. The van der Waals surface area contributed by atoms with Gasteiger partial charge in [0.25, 0.3) is 5.91 Å². The zero-order valence-electron chi connectivity index (χ0n) is 18.0. The Bertz CT molecular complexity index is 947. The predicted molar refractivity (Wildman–Crippen MR) is 114 cm³/mol. The van der Waals surface area contributed by atoms with Crippen molar-refractivity contribution in [3.63, 3.8) is 0 Å². The number of rotatable bonds is 3. The lowest BCUT2D eigenvalue weighted by molar-refractivity contribution is -0.133. The molecule has 2 saturated heterocycles. The second-order valence-electron chi connectivity index (χ2n) is 10.4. The number of methoxy groups -OCH3 is 1. The van der Waals surface area contributed by atoms with Crippen LogP contribution in [0.2, 0.25) is 0 Å². The Labute approximate surface area is 182 Å². The topological polar surface area (TPSA) is 90.9 Å². The van der Waals surface area contributed by atoms with Crippen molar-refractivity contribution >= 4 is 11.9 Å². The Balaban J connectivity index is 1.46. The molecule has 166 valence electrons. The molecule has 0 radical (unpaired) electrons. The normalized spacial score (nSPS) is 39.4. The summed E-state index contributed by atoms with van der Waals surface area (Å²) in [6.45, 7) is 1.97. The van der Waals surface area contributed by atoms with Crippen LogP contribution in [0.3, 0.4) is 0 Å². The Morgan fingerprint density at radius 2 is 2.06 bits per heavy atom. The minimum Gasteiger partial charge on any atom is -0.497 e. The van der Waals surface area contributed by atoms with Gasteiger partial charge < -0.3 is 15.2 Å². The van der Waals surface area contributed by atoms with Crippen molar-refractivity contribution < 1.29 is 19.4 Å². The van der Waals surface area contributed by atoms with Gasteiger partial charge >= 0.3 is 6.03 Å². The molecular weight excluding hydrogens is 394 g/mol. The van der Waals surface area contributed by atoms with Crippen molar-refractivity contribution in [1.82, 2.24) is 15.5 Å². The van der Waals surface area contributed by atoms with Crippen LogP contribution in [0.5, 0.6) is 5.75 Å². The lowest BCUT2D eigenvalue weighted by Crippen LogP contribution is -2.68. The summed E-state index contributed by atoms with van der Waals surface area (Å²) in [6, 6.07) is 5.67. The van der Waals surface area contributed by atoms with Gasteiger partial charge in [0, 0.05) is 18.0 Å². The number of ether oxygens (including phenoxy) is 1. The second kappa shape index (κ2) is 6.69. The number of hydrogen-bond acceptors (Lipinski definition) is 5. The van der Waals surface area contributed by atoms with Crippen molar-refractivity contribution in [3.05, 3.63) is 29.3 Å².